The summed E-state index contributed by atoms with van der Waals surface area (Å²) in [6, 6.07) is 0.524. The molecule has 0 radical (unpaired) electrons. The molecule has 2 aliphatic carbocycles. The van der Waals surface area contributed by atoms with Crippen LogP contribution in [0, 0.1) is 17.8 Å². The molecule has 2 saturated carbocycles. The Hall–Kier alpha value is -0.770. The maximum atomic E-state index is 12.4. The molecule has 3 rings (SSSR count). The van der Waals surface area contributed by atoms with Crippen LogP contribution < -0.4 is 5.32 Å². The quantitative estimate of drug-likeness (QED) is 0.841. The number of piperidine rings is 1. The number of aliphatic hydroxyl groups excluding tert-OH is 1. The van der Waals surface area contributed by atoms with Gasteiger partial charge in [0.15, 0.2) is 0 Å². The fourth-order valence-corrected chi connectivity index (χ4v) is 4.30. The first kappa shape index (κ1) is 15.1. The van der Waals surface area contributed by atoms with E-state index in [2.05, 4.69) is 5.32 Å². The van der Waals surface area contributed by atoms with Crippen LogP contribution in [0.4, 0.5) is 4.79 Å². The van der Waals surface area contributed by atoms with Crippen molar-refractivity contribution in [2.75, 3.05) is 13.1 Å². The van der Waals surface area contributed by atoms with Gasteiger partial charge in [-0.1, -0.05) is 32.1 Å². The van der Waals surface area contributed by atoms with E-state index in [1.54, 1.807) is 0 Å². The van der Waals surface area contributed by atoms with E-state index in [0.29, 0.717) is 12.6 Å². The van der Waals surface area contributed by atoms with Crippen LogP contribution in [0.2, 0.25) is 0 Å². The van der Waals surface area contributed by atoms with Crippen molar-refractivity contribution in [2.24, 2.45) is 17.8 Å². The van der Waals surface area contributed by atoms with E-state index in [1.807, 2.05) is 11.8 Å². The van der Waals surface area contributed by atoms with Gasteiger partial charge < -0.3 is 15.3 Å². The van der Waals surface area contributed by atoms with Gasteiger partial charge in [-0.05, 0) is 38.0 Å². The van der Waals surface area contributed by atoms with Gasteiger partial charge in [0.05, 0.1) is 6.10 Å². The number of hydrogen-bond acceptors (Lipinski definition) is 2. The second-order valence-corrected chi connectivity index (χ2v) is 7.44. The Labute approximate surface area is 128 Å². The molecule has 1 saturated heterocycles. The lowest BCUT2D eigenvalue weighted by Gasteiger charge is -2.34. The van der Waals surface area contributed by atoms with Crippen LogP contribution in [0.1, 0.15) is 58.3 Å². The monoisotopic (exact) mass is 294 g/mol. The smallest absolute Gasteiger partial charge is 0.317 e. The molecule has 2 amide bonds. The molecular weight excluding hydrogens is 264 g/mol. The van der Waals surface area contributed by atoms with Crippen molar-refractivity contribution in [3.05, 3.63) is 0 Å². The number of aliphatic hydroxyl groups is 1. The van der Waals surface area contributed by atoms with E-state index >= 15 is 0 Å². The molecule has 1 heterocycles. The Balaban J connectivity index is 1.44. The summed E-state index contributed by atoms with van der Waals surface area (Å²) in [7, 11) is 0. The number of hydrogen-bond donors (Lipinski definition) is 2. The van der Waals surface area contributed by atoms with E-state index < -0.39 is 0 Å². The first-order valence-electron chi connectivity index (χ1n) is 8.88. The average molecular weight is 294 g/mol. The number of nitrogens with zero attached hydrogens (tertiary/aromatic N) is 1. The van der Waals surface area contributed by atoms with Crippen molar-refractivity contribution in [3.8, 4) is 0 Å². The fourth-order valence-electron chi connectivity index (χ4n) is 4.30. The first-order chi connectivity index (χ1) is 10.1. The minimum atomic E-state index is -0.309. The Morgan fingerprint density at radius 1 is 1.19 bits per heavy atom. The molecule has 0 aromatic carbocycles. The molecule has 4 unspecified atom stereocenters. The summed E-state index contributed by atoms with van der Waals surface area (Å²) < 4.78 is 0. The van der Waals surface area contributed by atoms with E-state index in [-0.39, 0.29) is 18.1 Å². The largest absolute Gasteiger partial charge is 0.393 e. The molecule has 120 valence electrons. The van der Waals surface area contributed by atoms with Gasteiger partial charge in [-0.2, -0.15) is 0 Å². The lowest BCUT2D eigenvalue weighted by atomic mass is 9.85. The summed E-state index contributed by atoms with van der Waals surface area (Å²) in [5.74, 6) is 1.85. The van der Waals surface area contributed by atoms with Crippen molar-refractivity contribution in [1.82, 2.24) is 10.2 Å². The topological polar surface area (TPSA) is 52.6 Å². The highest BCUT2D eigenvalue weighted by Crippen LogP contribution is 2.44. The van der Waals surface area contributed by atoms with Crippen LogP contribution in [-0.4, -0.2) is 41.3 Å². The fraction of sp³-hybridized carbons (Fsp3) is 0.941. The molecule has 4 nitrogen and oxygen atoms in total. The number of rotatable bonds is 3. The van der Waals surface area contributed by atoms with E-state index in [0.717, 1.165) is 31.2 Å². The van der Waals surface area contributed by atoms with Crippen LogP contribution >= 0.6 is 0 Å². The molecule has 0 bridgehead atoms. The molecule has 0 aromatic rings. The van der Waals surface area contributed by atoms with E-state index in [4.69, 9.17) is 0 Å². The van der Waals surface area contributed by atoms with Crippen LogP contribution in [-0.2, 0) is 0 Å². The minimum Gasteiger partial charge on any atom is -0.393 e. The Morgan fingerprint density at radius 2 is 1.95 bits per heavy atom. The van der Waals surface area contributed by atoms with Gasteiger partial charge in [0.2, 0.25) is 0 Å². The van der Waals surface area contributed by atoms with Crippen LogP contribution in [0.3, 0.4) is 0 Å². The van der Waals surface area contributed by atoms with Crippen LogP contribution in [0.25, 0.3) is 0 Å². The highest BCUT2D eigenvalue weighted by atomic mass is 16.3. The summed E-state index contributed by atoms with van der Waals surface area (Å²) in [5, 5.41) is 13.0. The second kappa shape index (κ2) is 6.55. The second-order valence-electron chi connectivity index (χ2n) is 7.44. The van der Waals surface area contributed by atoms with Gasteiger partial charge >= 0.3 is 6.03 Å². The van der Waals surface area contributed by atoms with Crippen molar-refractivity contribution in [3.63, 3.8) is 0 Å². The lowest BCUT2D eigenvalue weighted by Crippen LogP contribution is -2.48. The van der Waals surface area contributed by atoms with Gasteiger partial charge in [0.25, 0.3) is 0 Å². The molecule has 3 aliphatic rings. The van der Waals surface area contributed by atoms with Crippen molar-refractivity contribution in [1.29, 1.82) is 0 Å². The van der Waals surface area contributed by atoms with Gasteiger partial charge in [-0.25, -0.2) is 4.79 Å². The predicted octanol–water partition coefficient (Wildman–Crippen LogP) is 2.76. The summed E-state index contributed by atoms with van der Waals surface area (Å²) in [6.07, 6.45) is 9.81. The third-order valence-electron chi connectivity index (χ3n) is 5.83. The molecular formula is C17H30N2O2. The number of carbonyl (C=O) groups is 1. The predicted molar refractivity (Wildman–Crippen MR) is 83.0 cm³/mol. The van der Waals surface area contributed by atoms with Crippen molar-refractivity contribution in [2.45, 2.75) is 70.4 Å². The third kappa shape index (κ3) is 3.71. The lowest BCUT2D eigenvalue weighted by molar-refractivity contribution is 0.0737. The summed E-state index contributed by atoms with van der Waals surface area (Å²) in [5.41, 5.74) is 0. The van der Waals surface area contributed by atoms with Crippen LogP contribution in [0.5, 0.6) is 0 Å². The molecule has 4 heteroatoms. The van der Waals surface area contributed by atoms with Crippen LogP contribution in [0.15, 0.2) is 0 Å². The normalized spacial score (nSPS) is 35.3. The Morgan fingerprint density at radius 3 is 2.67 bits per heavy atom. The minimum absolute atomic E-state index is 0.101. The molecule has 3 fully saturated rings. The highest BCUT2D eigenvalue weighted by molar-refractivity contribution is 5.75. The molecule has 0 aromatic heterocycles. The molecule has 21 heavy (non-hydrogen) atoms. The van der Waals surface area contributed by atoms with Gasteiger partial charge in [-0.3, -0.25) is 0 Å². The standard InChI is InChI=1S/C17H30N2O2/c1-12(20)14-8-5-9-19(11-14)17(21)18-16-10-15(16)13-6-3-2-4-7-13/h12-16,20H,2-11H2,1H3,(H,18,21). The van der Waals surface area contributed by atoms with E-state index in [1.165, 1.54) is 38.5 Å². The van der Waals surface area contributed by atoms with Gasteiger partial charge in [0, 0.05) is 25.0 Å². The third-order valence-corrected chi connectivity index (χ3v) is 5.83. The maximum Gasteiger partial charge on any atom is 0.317 e. The zero-order valence-electron chi connectivity index (χ0n) is 13.3. The zero-order valence-corrected chi connectivity index (χ0v) is 13.3. The first-order valence-corrected chi connectivity index (χ1v) is 8.88. The molecule has 1 aliphatic heterocycles. The SMILES string of the molecule is CC(O)C1CCCN(C(=O)NC2CC2C2CCCCC2)C1. The summed E-state index contributed by atoms with van der Waals surface area (Å²) in [6.45, 7) is 3.40. The summed E-state index contributed by atoms with van der Waals surface area (Å²) >= 11 is 0. The Bertz CT molecular complexity index is 366. The number of nitrogens with one attached hydrogen (secondary N) is 1. The maximum absolute atomic E-state index is 12.4. The van der Waals surface area contributed by atoms with Crippen molar-refractivity contribution >= 4 is 6.03 Å². The zero-order chi connectivity index (χ0) is 14.8. The van der Waals surface area contributed by atoms with Gasteiger partial charge in [-0.15, -0.1) is 0 Å². The van der Waals surface area contributed by atoms with Gasteiger partial charge in [0.1, 0.15) is 0 Å². The number of carbonyl (C=O) groups excluding carboxylic acids is 1. The average Bonchev–Trinajstić information content (AvgIpc) is 3.27. The molecule has 2 N–H and O–H groups in total. The molecule has 4 atom stereocenters. The highest BCUT2D eigenvalue weighted by Gasteiger charge is 2.44. The number of likely N-dealkylation sites (tertiary alicyclic amines) is 1. The van der Waals surface area contributed by atoms with Crippen molar-refractivity contribution < 1.29 is 9.90 Å². The number of amides is 2. The Kier molecular flexibility index (Phi) is 4.72. The summed E-state index contributed by atoms with van der Waals surface area (Å²) in [4.78, 5) is 14.3. The molecule has 0 spiro atoms. The number of urea groups is 1. The van der Waals surface area contributed by atoms with E-state index in [9.17, 15) is 9.90 Å².